The number of aryl methyl sites for hydroxylation is 1. The number of hydrogen-bond donors (Lipinski definition) is 1. The van der Waals surface area contributed by atoms with Crippen LogP contribution in [0, 0.1) is 13.8 Å². The van der Waals surface area contributed by atoms with Crippen LogP contribution in [0.25, 0.3) is 0 Å². The molecule has 0 saturated carbocycles. The maximum Gasteiger partial charge on any atom is 0.132 e. The van der Waals surface area contributed by atoms with E-state index >= 15 is 0 Å². The predicted molar refractivity (Wildman–Crippen MR) is 68.1 cm³/mol. The van der Waals surface area contributed by atoms with Crippen LogP contribution >= 0.6 is 0 Å². The molecular formula is C13H16N4. The van der Waals surface area contributed by atoms with Crippen molar-refractivity contribution in [1.82, 2.24) is 15.0 Å². The quantitative estimate of drug-likeness (QED) is 0.874. The fraction of sp³-hybridized carbons (Fsp3) is 0.308. The van der Waals surface area contributed by atoms with E-state index in [2.05, 4.69) is 20.3 Å². The molecule has 2 aromatic rings. The molecule has 0 fully saturated rings. The van der Waals surface area contributed by atoms with Gasteiger partial charge in [0.2, 0.25) is 0 Å². The van der Waals surface area contributed by atoms with Gasteiger partial charge in [-0.3, -0.25) is 4.98 Å². The van der Waals surface area contributed by atoms with Gasteiger partial charge in [0, 0.05) is 30.9 Å². The predicted octanol–water partition coefficient (Wildman–Crippen LogP) is 2.12. The standard InChI is InChI=1S/C13H16N4/c1-9-12(8-11-6-4-5-7-15-11)16-10(2)17-13(9)14-3/h4-7H,8H2,1-3H3,(H,14,16,17). The van der Waals surface area contributed by atoms with Crippen LogP contribution in [-0.2, 0) is 6.42 Å². The van der Waals surface area contributed by atoms with Crippen molar-refractivity contribution in [1.29, 1.82) is 0 Å². The highest BCUT2D eigenvalue weighted by atomic mass is 15.0. The average molecular weight is 228 g/mol. The van der Waals surface area contributed by atoms with E-state index < -0.39 is 0 Å². The van der Waals surface area contributed by atoms with Crippen LogP contribution in [-0.4, -0.2) is 22.0 Å². The van der Waals surface area contributed by atoms with Crippen LogP contribution in [0.1, 0.15) is 22.8 Å². The summed E-state index contributed by atoms with van der Waals surface area (Å²) in [6.45, 7) is 3.94. The van der Waals surface area contributed by atoms with Crippen molar-refractivity contribution in [3.63, 3.8) is 0 Å². The first-order valence-electron chi connectivity index (χ1n) is 5.62. The van der Waals surface area contributed by atoms with Crippen LogP contribution in [0.2, 0.25) is 0 Å². The Hall–Kier alpha value is -1.97. The lowest BCUT2D eigenvalue weighted by Gasteiger charge is -2.10. The zero-order valence-corrected chi connectivity index (χ0v) is 10.4. The molecule has 0 aliphatic heterocycles. The van der Waals surface area contributed by atoms with Crippen LogP contribution in [0.4, 0.5) is 5.82 Å². The normalized spacial score (nSPS) is 10.3. The summed E-state index contributed by atoms with van der Waals surface area (Å²) in [4.78, 5) is 13.2. The summed E-state index contributed by atoms with van der Waals surface area (Å²) in [7, 11) is 1.87. The molecule has 0 aliphatic carbocycles. The van der Waals surface area contributed by atoms with Gasteiger partial charge in [0.25, 0.3) is 0 Å². The van der Waals surface area contributed by atoms with E-state index in [9.17, 15) is 0 Å². The lowest BCUT2D eigenvalue weighted by molar-refractivity contribution is 0.926. The first-order valence-corrected chi connectivity index (χ1v) is 5.62. The number of anilines is 1. The molecule has 0 amide bonds. The highest BCUT2D eigenvalue weighted by molar-refractivity contribution is 5.46. The van der Waals surface area contributed by atoms with E-state index in [0.717, 1.165) is 35.0 Å². The van der Waals surface area contributed by atoms with Crippen molar-refractivity contribution in [3.8, 4) is 0 Å². The zero-order valence-electron chi connectivity index (χ0n) is 10.4. The number of nitrogens with zero attached hydrogens (tertiary/aromatic N) is 3. The molecule has 4 heteroatoms. The Bertz CT molecular complexity index is 508. The first-order chi connectivity index (χ1) is 8.20. The highest BCUT2D eigenvalue weighted by Crippen LogP contribution is 2.17. The minimum atomic E-state index is 0.741. The second-order valence-corrected chi connectivity index (χ2v) is 3.94. The van der Waals surface area contributed by atoms with Crippen molar-refractivity contribution in [2.45, 2.75) is 20.3 Å². The summed E-state index contributed by atoms with van der Waals surface area (Å²) < 4.78 is 0. The number of rotatable bonds is 3. The van der Waals surface area contributed by atoms with Crippen molar-refractivity contribution in [3.05, 3.63) is 47.2 Å². The van der Waals surface area contributed by atoms with Gasteiger partial charge >= 0.3 is 0 Å². The summed E-state index contributed by atoms with van der Waals surface area (Å²) in [6.07, 6.45) is 2.54. The molecule has 0 saturated heterocycles. The Morgan fingerprint density at radius 2 is 2.00 bits per heavy atom. The molecule has 0 bridgehead atoms. The SMILES string of the molecule is CNc1nc(C)nc(Cc2ccccn2)c1C. The van der Waals surface area contributed by atoms with Crippen LogP contribution in [0.15, 0.2) is 24.4 Å². The van der Waals surface area contributed by atoms with E-state index in [1.807, 2.05) is 39.1 Å². The molecule has 1 N–H and O–H groups in total. The minimum Gasteiger partial charge on any atom is -0.373 e. The summed E-state index contributed by atoms with van der Waals surface area (Å²) in [5.74, 6) is 1.68. The number of aromatic nitrogens is 3. The lowest BCUT2D eigenvalue weighted by Crippen LogP contribution is -2.06. The van der Waals surface area contributed by atoms with Gasteiger partial charge in [-0.2, -0.15) is 0 Å². The summed E-state index contributed by atoms with van der Waals surface area (Å²) >= 11 is 0. The fourth-order valence-electron chi connectivity index (χ4n) is 1.78. The van der Waals surface area contributed by atoms with E-state index in [4.69, 9.17) is 0 Å². The molecule has 0 spiro atoms. The lowest BCUT2D eigenvalue weighted by atomic mass is 10.1. The molecule has 4 nitrogen and oxygen atoms in total. The Morgan fingerprint density at radius 3 is 2.65 bits per heavy atom. The largest absolute Gasteiger partial charge is 0.373 e. The Kier molecular flexibility index (Phi) is 3.32. The van der Waals surface area contributed by atoms with Gasteiger partial charge in [-0.25, -0.2) is 9.97 Å². The minimum absolute atomic E-state index is 0.741. The van der Waals surface area contributed by atoms with E-state index in [1.54, 1.807) is 6.20 Å². The van der Waals surface area contributed by atoms with Gasteiger partial charge < -0.3 is 5.32 Å². The molecule has 0 unspecified atom stereocenters. The van der Waals surface area contributed by atoms with Gasteiger partial charge in [-0.05, 0) is 26.0 Å². The third kappa shape index (κ3) is 2.58. The Balaban J connectivity index is 2.36. The zero-order chi connectivity index (χ0) is 12.3. The van der Waals surface area contributed by atoms with Crippen molar-refractivity contribution in [2.75, 3.05) is 12.4 Å². The number of pyridine rings is 1. The summed E-state index contributed by atoms with van der Waals surface area (Å²) in [6, 6.07) is 5.92. The molecule has 2 heterocycles. The molecule has 2 rings (SSSR count). The van der Waals surface area contributed by atoms with E-state index in [0.29, 0.717) is 0 Å². The molecule has 0 aromatic carbocycles. The van der Waals surface area contributed by atoms with Crippen molar-refractivity contribution in [2.24, 2.45) is 0 Å². The van der Waals surface area contributed by atoms with Gasteiger partial charge in [0.15, 0.2) is 0 Å². The summed E-state index contributed by atoms with van der Waals surface area (Å²) in [5.41, 5.74) is 3.14. The Morgan fingerprint density at radius 1 is 1.18 bits per heavy atom. The smallest absolute Gasteiger partial charge is 0.132 e. The maximum absolute atomic E-state index is 4.49. The van der Waals surface area contributed by atoms with Crippen LogP contribution < -0.4 is 5.32 Å². The third-order valence-corrected chi connectivity index (χ3v) is 2.67. The van der Waals surface area contributed by atoms with Gasteiger partial charge in [-0.15, -0.1) is 0 Å². The molecule has 17 heavy (non-hydrogen) atoms. The maximum atomic E-state index is 4.49. The van der Waals surface area contributed by atoms with Crippen molar-refractivity contribution >= 4 is 5.82 Å². The fourth-order valence-corrected chi connectivity index (χ4v) is 1.78. The number of nitrogens with one attached hydrogen (secondary N) is 1. The highest BCUT2D eigenvalue weighted by Gasteiger charge is 2.08. The topological polar surface area (TPSA) is 50.7 Å². The van der Waals surface area contributed by atoms with Gasteiger partial charge in [0.1, 0.15) is 11.6 Å². The molecular weight excluding hydrogens is 212 g/mol. The Labute approximate surface area is 101 Å². The van der Waals surface area contributed by atoms with Crippen molar-refractivity contribution < 1.29 is 0 Å². The number of hydrogen-bond acceptors (Lipinski definition) is 4. The second-order valence-electron chi connectivity index (χ2n) is 3.94. The van der Waals surface area contributed by atoms with Crippen LogP contribution in [0.3, 0.4) is 0 Å². The average Bonchev–Trinajstić information content (AvgIpc) is 2.34. The second kappa shape index (κ2) is 4.91. The van der Waals surface area contributed by atoms with Crippen LogP contribution in [0.5, 0.6) is 0 Å². The van der Waals surface area contributed by atoms with E-state index in [1.165, 1.54) is 0 Å². The first kappa shape index (κ1) is 11.5. The molecule has 2 aromatic heterocycles. The van der Waals surface area contributed by atoms with E-state index in [-0.39, 0.29) is 0 Å². The molecule has 0 aliphatic rings. The van der Waals surface area contributed by atoms with Gasteiger partial charge in [0.05, 0.1) is 5.69 Å². The molecule has 0 atom stereocenters. The van der Waals surface area contributed by atoms with Gasteiger partial charge in [-0.1, -0.05) is 6.07 Å². The third-order valence-electron chi connectivity index (χ3n) is 2.67. The molecule has 88 valence electrons. The monoisotopic (exact) mass is 228 g/mol. The summed E-state index contributed by atoms with van der Waals surface area (Å²) in [5, 5.41) is 3.09. The molecule has 0 radical (unpaired) electrons.